The maximum Gasteiger partial charge on any atom is 0.136 e. The molecule has 0 saturated carbocycles. The van der Waals surface area contributed by atoms with Crippen LogP contribution in [0.25, 0.3) is 98.8 Å². The highest BCUT2D eigenvalue weighted by Gasteiger charge is 2.52. The quantitative estimate of drug-likeness (QED) is 0.160. The van der Waals surface area contributed by atoms with E-state index in [1.54, 1.807) is 0 Å². The maximum absolute atomic E-state index is 6.53. The first-order chi connectivity index (χ1) is 34.2. The summed E-state index contributed by atoms with van der Waals surface area (Å²) >= 11 is 0. The van der Waals surface area contributed by atoms with Gasteiger partial charge in [0.2, 0.25) is 0 Å². The van der Waals surface area contributed by atoms with E-state index >= 15 is 0 Å². The van der Waals surface area contributed by atoms with Gasteiger partial charge in [-0.1, -0.05) is 194 Å². The molecule has 2 aliphatic carbocycles. The highest BCUT2D eigenvalue weighted by atomic mass is 16.3. The van der Waals surface area contributed by atoms with E-state index in [1.807, 2.05) is 0 Å². The monoisotopic (exact) mass is 875 g/mol. The second-order valence-corrected chi connectivity index (χ2v) is 18.7. The minimum Gasteiger partial charge on any atom is -0.456 e. The van der Waals surface area contributed by atoms with Gasteiger partial charge >= 0.3 is 0 Å². The smallest absolute Gasteiger partial charge is 0.136 e. The van der Waals surface area contributed by atoms with Crippen molar-refractivity contribution in [2.75, 3.05) is 4.90 Å². The van der Waals surface area contributed by atoms with E-state index in [0.29, 0.717) is 0 Å². The van der Waals surface area contributed by atoms with Crippen molar-refractivity contribution in [1.29, 1.82) is 0 Å². The second-order valence-electron chi connectivity index (χ2n) is 18.7. The molecule has 0 amide bonds. The normalized spacial score (nSPS) is 13.0. The van der Waals surface area contributed by atoms with E-state index in [4.69, 9.17) is 4.42 Å². The number of benzene rings is 12. The number of anilines is 3. The van der Waals surface area contributed by atoms with Gasteiger partial charge in [0.05, 0.1) is 16.8 Å². The van der Waals surface area contributed by atoms with Gasteiger partial charge in [-0.25, -0.2) is 0 Å². The molecule has 15 rings (SSSR count). The molecule has 0 atom stereocenters. The predicted octanol–water partition coefficient (Wildman–Crippen LogP) is 18.2. The topological polar surface area (TPSA) is 16.4 Å². The Morgan fingerprint density at radius 1 is 0.290 bits per heavy atom. The molecule has 2 aliphatic rings. The summed E-state index contributed by atoms with van der Waals surface area (Å²) in [5.41, 5.74) is 19.7. The first kappa shape index (κ1) is 38.2. The van der Waals surface area contributed by atoms with E-state index in [0.717, 1.165) is 50.1 Å². The van der Waals surface area contributed by atoms with Crippen molar-refractivity contribution in [3.8, 4) is 44.5 Å². The van der Waals surface area contributed by atoms with Gasteiger partial charge in [-0.2, -0.15) is 0 Å². The highest BCUT2D eigenvalue weighted by molar-refractivity contribution is 6.12. The Kier molecular flexibility index (Phi) is 8.02. The van der Waals surface area contributed by atoms with E-state index < -0.39 is 5.41 Å². The Hall–Kier alpha value is -8.98. The molecule has 0 bridgehead atoms. The zero-order valence-electron chi connectivity index (χ0n) is 37.5. The van der Waals surface area contributed by atoms with Crippen molar-refractivity contribution < 1.29 is 4.42 Å². The van der Waals surface area contributed by atoms with Crippen LogP contribution in [0.1, 0.15) is 22.3 Å². The highest BCUT2D eigenvalue weighted by Crippen LogP contribution is 2.65. The summed E-state index contributed by atoms with van der Waals surface area (Å²) in [6, 6.07) is 92.0. The van der Waals surface area contributed by atoms with E-state index in [-0.39, 0.29) is 0 Å². The van der Waals surface area contributed by atoms with Gasteiger partial charge in [0.15, 0.2) is 0 Å². The Morgan fingerprint density at radius 3 is 1.62 bits per heavy atom. The molecular weight excluding hydrogens is 835 g/mol. The van der Waals surface area contributed by atoms with Crippen LogP contribution in [0.3, 0.4) is 0 Å². The molecule has 2 heteroatoms. The van der Waals surface area contributed by atoms with Gasteiger partial charge < -0.3 is 9.32 Å². The maximum atomic E-state index is 6.53. The lowest BCUT2D eigenvalue weighted by Crippen LogP contribution is -2.26. The predicted molar refractivity (Wildman–Crippen MR) is 288 cm³/mol. The summed E-state index contributed by atoms with van der Waals surface area (Å²) in [5, 5.41) is 9.66. The van der Waals surface area contributed by atoms with Crippen LogP contribution in [0.15, 0.2) is 253 Å². The largest absolute Gasteiger partial charge is 0.456 e. The standard InChI is InChI=1S/C67H41NO/c1-2-16-45-41-65-57(39-44(45)15-1)56-40-48(33-37-64(56)69-65)52-18-8-12-26-62(52)68(49-34-30-42(31-35-49)46-32-36-51-47(38-46)29-28-43-14-3-4-17-50(43)51)63-27-13-25-61-66(63)55-21-7-11-24-60(55)67(61)58-22-9-5-19-53(58)54-20-6-10-23-59(54)67/h1-41H. The summed E-state index contributed by atoms with van der Waals surface area (Å²) < 4.78 is 6.53. The molecule has 0 saturated heterocycles. The number of hydrogen-bond acceptors (Lipinski definition) is 2. The third kappa shape index (κ3) is 5.43. The lowest BCUT2D eigenvalue weighted by atomic mass is 9.70. The number of hydrogen-bond donors (Lipinski definition) is 0. The van der Waals surface area contributed by atoms with Gasteiger partial charge in [0.1, 0.15) is 11.2 Å². The van der Waals surface area contributed by atoms with Gasteiger partial charge in [0, 0.05) is 27.6 Å². The first-order valence-corrected chi connectivity index (χ1v) is 23.9. The minimum atomic E-state index is -0.469. The number of fused-ring (bicyclic) bond motifs is 17. The fourth-order valence-corrected chi connectivity index (χ4v) is 12.3. The van der Waals surface area contributed by atoms with Crippen LogP contribution in [0.2, 0.25) is 0 Å². The van der Waals surface area contributed by atoms with Crippen LogP contribution >= 0.6 is 0 Å². The number of furan rings is 1. The van der Waals surface area contributed by atoms with Gasteiger partial charge in [-0.05, 0) is 143 Å². The fraction of sp³-hybridized carbons (Fsp3) is 0.0149. The van der Waals surface area contributed by atoms with Crippen molar-refractivity contribution in [3.05, 3.63) is 271 Å². The lowest BCUT2D eigenvalue weighted by Gasteiger charge is -2.32. The van der Waals surface area contributed by atoms with Crippen molar-refractivity contribution >= 4 is 71.3 Å². The molecule has 320 valence electrons. The van der Waals surface area contributed by atoms with Crippen LogP contribution < -0.4 is 4.90 Å². The Bertz CT molecular complexity index is 4220. The van der Waals surface area contributed by atoms with Gasteiger partial charge in [0.25, 0.3) is 0 Å². The number of para-hydroxylation sites is 1. The van der Waals surface area contributed by atoms with Crippen molar-refractivity contribution in [2.45, 2.75) is 5.41 Å². The molecule has 2 nitrogen and oxygen atoms in total. The summed E-state index contributed by atoms with van der Waals surface area (Å²) in [6.07, 6.45) is 0. The lowest BCUT2D eigenvalue weighted by molar-refractivity contribution is 0.669. The van der Waals surface area contributed by atoms with Crippen molar-refractivity contribution in [3.63, 3.8) is 0 Å². The summed E-state index contributed by atoms with van der Waals surface area (Å²) in [4.78, 5) is 2.51. The van der Waals surface area contributed by atoms with Crippen molar-refractivity contribution in [2.24, 2.45) is 0 Å². The first-order valence-electron chi connectivity index (χ1n) is 23.9. The summed E-state index contributed by atoms with van der Waals surface area (Å²) in [7, 11) is 0. The Balaban J connectivity index is 0.955. The molecule has 1 spiro atoms. The average Bonchev–Trinajstić information content (AvgIpc) is 4.04. The molecule has 0 radical (unpaired) electrons. The Morgan fingerprint density at radius 2 is 0.841 bits per heavy atom. The SMILES string of the molecule is c1ccc(N(c2ccc(-c3ccc4c(ccc5ccccc54)c3)cc2)c2cccc3c2-c2ccccc2C32c3ccccc3-c3ccccc32)c(-c2ccc3oc4cc5ccccc5cc4c3c2)c1. The van der Waals surface area contributed by atoms with Crippen LogP contribution in [-0.2, 0) is 5.41 Å². The molecular formula is C67H41NO. The molecule has 1 aromatic heterocycles. The van der Waals surface area contributed by atoms with Gasteiger partial charge in [-0.3, -0.25) is 0 Å². The fourth-order valence-electron chi connectivity index (χ4n) is 12.3. The van der Waals surface area contributed by atoms with E-state index in [9.17, 15) is 0 Å². The van der Waals surface area contributed by atoms with Crippen LogP contribution in [0, 0.1) is 0 Å². The molecule has 1 heterocycles. The summed E-state index contributed by atoms with van der Waals surface area (Å²) in [6.45, 7) is 0. The molecule has 0 aliphatic heterocycles. The molecule has 12 aromatic carbocycles. The van der Waals surface area contributed by atoms with E-state index in [1.165, 1.54) is 88.0 Å². The van der Waals surface area contributed by atoms with Gasteiger partial charge in [-0.15, -0.1) is 0 Å². The second kappa shape index (κ2) is 14.5. The molecule has 0 fully saturated rings. The average molecular weight is 876 g/mol. The zero-order chi connectivity index (χ0) is 45.2. The van der Waals surface area contributed by atoms with Crippen LogP contribution in [0.5, 0.6) is 0 Å². The van der Waals surface area contributed by atoms with Crippen molar-refractivity contribution in [1.82, 2.24) is 0 Å². The molecule has 0 N–H and O–H groups in total. The number of rotatable bonds is 5. The third-order valence-electron chi connectivity index (χ3n) is 15.2. The Labute approximate surface area is 399 Å². The molecule has 69 heavy (non-hydrogen) atoms. The zero-order valence-corrected chi connectivity index (χ0v) is 37.5. The number of nitrogens with zero attached hydrogens (tertiary/aromatic N) is 1. The van der Waals surface area contributed by atoms with Crippen LogP contribution in [-0.4, -0.2) is 0 Å². The summed E-state index contributed by atoms with van der Waals surface area (Å²) in [5.74, 6) is 0. The molecule has 13 aromatic rings. The van der Waals surface area contributed by atoms with E-state index in [2.05, 4.69) is 254 Å². The minimum absolute atomic E-state index is 0.469. The third-order valence-corrected chi connectivity index (χ3v) is 15.2. The van der Waals surface area contributed by atoms with Crippen LogP contribution in [0.4, 0.5) is 17.1 Å². The molecule has 0 unspecified atom stereocenters.